The molecule has 3 aromatic carbocycles. The molecule has 1 aliphatic heterocycles. The van der Waals surface area contributed by atoms with E-state index < -0.39 is 23.6 Å². The van der Waals surface area contributed by atoms with Crippen molar-refractivity contribution in [2.75, 3.05) is 25.6 Å². The van der Waals surface area contributed by atoms with E-state index in [1.165, 1.54) is 13.2 Å². The molecule has 214 valence electrons. The minimum absolute atomic E-state index is 0.161. The molecule has 0 atom stereocenters. The minimum Gasteiger partial charge on any atom is -0.495 e. The third kappa shape index (κ3) is 7.69. The molecular formula is C28H22BrCl3N2O6S. The Balaban J connectivity index is 1.48. The number of imide groups is 1. The summed E-state index contributed by atoms with van der Waals surface area (Å²) in [5.41, 5.74) is 1.80. The Morgan fingerprint density at radius 3 is 2.46 bits per heavy atom. The number of amides is 3. The molecule has 41 heavy (non-hydrogen) atoms. The summed E-state index contributed by atoms with van der Waals surface area (Å²) in [5.74, 6) is 0.200. The van der Waals surface area contributed by atoms with E-state index in [4.69, 9.17) is 49.0 Å². The lowest BCUT2D eigenvalue weighted by atomic mass is 10.1. The molecule has 3 aromatic rings. The second kappa shape index (κ2) is 13.8. The maximum absolute atomic E-state index is 13.0. The first-order valence-electron chi connectivity index (χ1n) is 12.0. The zero-order chi connectivity index (χ0) is 29.7. The van der Waals surface area contributed by atoms with Crippen molar-refractivity contribution < 1.29 is 28.6 Å². The van der Waals surface area contributed by atoms with Crippen LogP contribution in [-0.2, 0) is 16.2 Å². The standard InChI is InChI=1S/C28H22BrCl3N2O6S/c1-3-39-23-10-16(8-18(29)26(23)40-14-15-4-6-19(30)20(31)9-15)11-24-27(36)34(28(37)41-24)13-25(35)33-17-5-7-22(38-2)21(32)12-17/h4-12H,3,13-14H2,1-2H3,(H,33,35)/b24-11+. The number of anilines is 1. The summed E-state index contributed by atoms with van der Waals surface area (Å²) in [6.07, 6.45) is 1.56. The minimum atomic E-state index is -0.586. The van der Waals surface area contributed by atoms with E-state index in [2.05, 4.69) is 21.2 Å². The quantitative estimate of drug-likeness (QED) is 0.214. The SMILES string of the molecule is CCOc1cc(/C=C2/SC(=O)N(CC(=O)Nc3ccc(OC)c(Cl)c3)C2=O)cc(Br)c1OCc1ccc(Cl)c(Cl)c1. The van der Waals surface area contributed by atoms with Crippen LogP contribution in [0.3, 0.4) is 0 Å². The molecule has 0 aromatic heterocycles. The van der Waals surface area contributed by atoms with Crippen molar-refractivity contribution in [3.8, 4) is 17.2 Å². The van der Waals surface area contributed by atoms with Crippen molar-refractivity contribution in [3.05, 3.63) is 84.1 Å². The van der Waals surface area contributed by atoms with E-state index in [-0.39, 0.29) is 11.5 Å². The number of benzene rings is 3. The van der Waals surface area contributed by atoms with E-state index in [1.54, 1.807) is 48.5 Å². The van der Waals surface area contributed by atoms with Crippen molar-refractivity contribution in [3.63, 3.8) is 0 Å². The molecule has 0 unspecified atom stereocenters. The van der Waals surface area contributed by atoms with Gasteiger partial charge in [0.25, 0.3) is 11.1 Å². The van der Waals surface area contributed by atoms with Crippen molar-refractivity contribution in [1.82, 2.24) is 4.90 Å². The second-order valence-electron chi connectivity index (χ2n) is 8.47. The fraction of sp³-hybridized carbons (Fsp3) is 0.179. The molecule has 1 heterocycles. The van der Waals surface area contributed by atoms with E-state index in [1.807, 2.05) is 6.92 Å². The fourth-order valence-corrected chi connectivity index (χ4v) is 5.73. The molecule has 4 rings (SSSR count). The number of thioether (sulfide) groups is 1. The molecular weight excluding hydrogens is 679 g/mol. The summed E-state index contributed by atoms with van der Waals surface area (Å²) in [6.45, 7) is 1.95. The van der Waals surface area contributed by atoms with Crippen LogP contribution in [0.25, 0.3) is 6.08 Å². The topological polar surface area (TPSA) is 94.2 Å². The van der Waals surface area contributed by atoms with Crippen LogP contribution in [0, 0.1) is 0 Å². The van der Waals surface area contributed by atoms with Crippen molar-refractivity contribution >= 4 is 91.3 Å². The predicted molar refractivity (Wildman–Crippen MR) is 165 cm³/mol. The molecule has 0 aliphatic carbocycles. The first-order chi connectivity index (χ1) is 19.6. The average molecular weight is 701 g/mol. The second-order valence-corrected chi connectivity index (χ2v) is 11.5. The van der Waals surface area contributed by atoms with Crippen LogP contribution in [0.2, 0.25) is 15.1 Å². The van der Waals surface area contributed by atoms with E-state index in [0.717, 1.165) is 22.2 Å². The molecule has 0 bridgehead atoms. The van der Waals surface area contributed by atoms with E-state index in [0.29, 0.717) is 54.6 Å². The van der Waals surface area contributed by atoms with Gasteiger partial charge in [-0.05, 0) is 94.3 Å². The molecule has 1 aliphatic rings. The molecule has 3 amide bonds. The monoisotopic (exact) mass is 698 g/mol. The third-order valence-corrected chi connectivity index (χ3v) is 8.14. The summed E-state index contributed by atoms with van der Waals surface area (Å²) >= 11 is 22.5. The lowest BCUT2D eigenvalue weighted by Crippen LogP contribution is -2.36. The van der Waals surface area contributed by atoms with Gasteiger partial charge in [0, 0.05) is 5.69 Å². The van der Waals surface area contributed by atoms with Gasteiger partial charge in [0.15, 0.2) is 11.5 Å². The Kier molecular flexibility index (Phi) is 10.5. The van der Waals surface area contributed by atoms with Gasteiger partial charge < -0.3 is 19.5 Å². The maximum atomic E-state index is 13.0. The summed E-state index contributed by atoms with van der Waals surface area (Å²) < 4.78 is 17.5. The van der Waals surface area contributed by atoms with Gasteiger partial charge in [-0.15, -0.1) is 0 Å². The molecule has 1 saturated heterocycles. The molecule has 0 radical (unpaired) electrons. The van der Waals surface area contributed by atoms with Gasteiger partial charge in [-0.25, -0.2) is 0 Å². The Morgan fingerprint density at radius 2 is 1.78 bits per heavy atom. The van der Waals surface area contributed by atoms with Gasteiger partial charge in [0.05, 0.1) is 38.2 Å². The highest BCUT2D eigenvalue weighted by molar-refractivity contribution is 9.10. The van der Waals surface area contributed by atoms with Crippen molar-refractivity contribution in [2.24, 2.45) is 0 Å². The number of hydrogen-bond donors (Lipinski definition) is 1. The summed E-state index contributed by atoms with van der Waals surface area (Å²) in [5, 5.41) is 3.24. The smallest absolute Gasteiger partial charge is 0.294 e. The van der Waals surface area contributed by atoms with Crippen LogP contribution in [0.5, 0.6) is 17.2 Å². The normalized spacial score (nSPS) is 14.0. The Hall–Kier alpha value is -2.89. The first kappa shape index (κ1) is 31.1. The number of rotatable bonds is 10. The molecule has 1 N–H and O–H groups in total. The van der Waals surface area contributed by atoms with Crippen molar-refractivity contribution in [1.29, 1.82) is 0 Å². The number of halogens is 4. The molecule has 0 saturated carbocycles. The number of nitrogens with zero attached hydrogens (tertiary/aromatic N) is 1. The van der Waals surface area contributed by atoms with Gasteiger partial charge in [-0.2, -0.15) is 0 Å². The van der Waals surface area contributed by atoms with Gasteiger partial charge >= 0.3 is 0 Å². The van der Waals surface area contributed by atoms with Gasteiger partial charge in [0.2, 0.25) is 5.91 Å². The van der Waals surface area contributed by atoms with Crippen LogP contribution in [0.1, 0.15) is 18.1 Å². The van der Waals surface area contributed by atoms with Crippen LogP contribution in [0.4, 0.5) is 10.5 Å². The maximum Gasteiger partial charge on any atom is 0.294 e. The van der Waals surface area contributed by atoms with Gasteiger partial charge in [-0.3, -0.25) is 19.3 Å². The number of carbonyl (C=O) groups excluding carboxylic acids is 3. The molecule has 0 spiro atoms. The predicted octanol–water partition coefficient (Wildman–Crippen LogP) is 8.07. The number of ether oxygens (including phenoxy) is 3. The zero-order valence-electron chi connectivity index (χ0n) is 21.6. The van der Waals surface area contributed by atoms with Crippen LogP contribution in [0.15, 0.2) is 57.9 Å². The number of nitrogens with one attached hydrogen (secondary N) is 1. The summed E-state index contributed by atoms with van der Waals surface area (Å²) in [6, 6.07) is 13.4. The summed E-state index contributed by atoms with van der Waals surface area (Å²) in [4.78, 5) is 39.3. The molecule has 8 nitrogen and oxygen atoms in total. The first-order valence-corrected chi connectivity index (χ1v) is 14.8. The highest BCUT2D eigenvalue weighted by Gasteiger charge is 2.36. The Morgan fingerprint density at radius 1 is 1.00 bits per heavy atom. The lowest BCUT2D eigenvalue weighted by molar-refractivity contribution is -0.127. The van der Waals surface area contributed by atoms with Crippen molar-refractivity contribution in [2.45, 2.75) is 13.5 Å². The van der Waals surface area contributed by atoms with Crippen LogP contribution >= 0.6 is 62.5 Å². The Labute approximate surface area is 264 Å². The van der Waals surface area contributed by atoms with Gasteiger partial charge in [0.1, 0.15) is 18.9 Å². The average Bonchev–Trinajstić information content (AvgIpc) is 3.17. The van der Waals surface area contributed by atoms with Gasteiger partial charge in [-0.1, -0.05) is 40.9 Å². The highest BCUT2D eigenvalue weighted by Crippen LogP contribution is 2.40. The van der Waals surface area contributed by atoms with E-state index >= 15 is 0 Å². The number of carbonyl (C=O) groups is 3. The third-order valence-electron chi connectivity index (χ3n) is 5.61. The van der Waals surface area contributed by atoms with Crippen LogP contribution < -0.4 is 19.5 Å². The molecule has 1 fully saturated rings. The number of methoxy groups -OCH3 is 1. The van der Waals surface area contributed by atoms with Crippen LogP contribution in [-0.4, -0.2) is 42.2 Å². The molecule has 13 heteroatoms. The van der Waals surface area contributed by atoms with E-state index in [9.17, 15) is 14.4 Å². The zero-order valence-corrected chi connectivity index (χ0v) is 26.3. The lowest BCUT2D eigenvalue weighted by Gasteiger charge is -2.15. The summed E-state index contributed by atoms with van der Waals surface area (Å²) in [7, 11) is 1.48. The largest absolute Gasteiger partial charge is 0.495 e. The highest BCUT2D eigenvalue weighted by atomic mass is 79.9. The Bertz CT molecular complexity index is 1550. The number of hydrogen-bond acceptors (Lipinski definition) is 7. The fourth-order valence-electron chi connectivity index (χ4n) is 3.74.